The zero-order valence-corrected chi connectivity index (χ0v) is 13.9. The zero-order valence-electron chi connectivity index (χ0n) is 11.6. The molecule has 0 unspecified atom stereocenters. The number of anilines is 1. The molecule has 0 spiro atoms. The van der Waals surface area contributed by atoms with Gasteiger partial charge in [-0.3, -0.25) is 4.79 Å². The van der Waals surface area contributed by atoms with Gasteiger partial charge in [0.2, 0.25) is 0 Å². The first-order valence-electron chi connectivity index (χ1n) is 6.44. The molecule has 0 atom stereocenters. The molecule has 0 aromatic heterocycles. The maximum atomic E-state index is 12.2. The second-order valence-electron chi connectivity index (χ2n) is 4.98. The number of carbonyl (C=O) groups is 1. The Morgan fingerprint density at radius 2 is 1.52 bits per heavy atom. The number of nitrogens with one attached hydrogen (secondary N) is 1. The minimum Gasteiger partial charge on any atom is -0.321 e. The average Bonchev–Trinajstić information content (AvgIpc) is 2.44. The second kappa shape index (κ2) is 6.69. The Kier molecular flexibility index (Phi) is 5.15. The van der Waals surface area contributed by atoms with Gasteiger partial charge in [-0.2, -0.15) is 0 Å². The second-order valence-corrected chi connectivity index (χ2v) is 6.20. The summed E-state index contributed by atoms with van der Waals surface area (Å²) < 4.78 is 0. The van der Waals surface area contributed by atoms with E-state index in [1.54, 1.807) is 12.1 Å². The van der Waals surface area contributed by atoms with Crippen molar-refractivity contribution in [2.45, 2.75) is 19.8 Å². The molecule has 110 valence electrons. The molecule has 0 saturated heterocycles. The summed E-state index contributed by atoms with van der Waals surface area (Å²) in [5.74, 6) is 0.178. The molecule has 1 amide bonds. The first-order valence-corrected chi connectivity index (χ1v) is 7.57. The van der Waals surface area contributed by atoms with Crippen LogP contribution < -0.4 is 5.32 Å². The predicted octanol–water partition coefficient (Wildman–Crippen LogP) is 6.02. The van der Waals surface area contributed by atoms with E-state index in [9.17, 15) is 4.79 Å². The van der Waals surface area contributed by atoms with Gasteiger partial charge >= 0.3 is 0 Å². The van der Waals surface area contributed by atoms with Gasteiger partial charge in [0.1, 0.15) is 0 Å². The van der Waals surface area contributed by atoms with Gasteiger partial charge < -0.3 is 5.32 Å². The molecule has 0 fully saturated rings. The minimum absolute atomic E-state index is 0.245. The molecule has 2 rings (SSSR count). The standard InChI is InChI=1S/C16H14Cl3NO/c1-9(2)10-3-5-11(6-4-10)16(21)20-15-8-13(18)12(17)7-14(15)19/h3-9H,1-2H3,(H,20,21). The molecular formula is C16H14Cl3NO. The fourth-order valence-electron chi connectivity index (χ4n) is 1.83. The molecule has 2 nitrogen and oxygen atoms in total. The third-order valence-electron chi connectivity index (χ3n) is 3.10. The highest BCUT2D eigenvalue weighted by molar-refractivity contribution is 6.44. The lowest BCUT2D eigenvalue weighted by atomic mass is 10.0. The number of hydrogen-bond acceptors (Lipinski definition) is 1. The van der Waals surface area contributed by atoms with Crippen molar-refractivity contribution in [3.63, 3.8) is 0 Å². The topological polar surface area (TPSA) is 29.1 Å². The summed E-state index contributed by atoms with van der Waals surface area (Å²) in [5, 5.41) is 3.76. The number of carbonyl (C=O) groups excluding carboxylic acids is 1. The van der Waals surface area contributed by atoms with E-state index in [0.29, 0.717) is 32.2 Å². The van der Waals surface area contributed by atoms with Gasteiger partial charge in [0, 0.05) is 5.56 Å². The van der Waals surface area contributed by atoms with Crippen LogP contribution in [0.1, 0.15) is 35.7 Å². The van der Waals surface area contributed by atoms with Crippen LogP contribution in [0.25, 0.3) is 0 Å². The van der Waals surface area contributed by atoms with Crippen LogP contribution in [0.3, 0.4) is 0 Å². The first kappa shape index (κ1) is 16.2. The van der Waals surface area contributed by atoms with E-state index in [2.05, 4.69) is 19.2 Å². The molecule has 0 heterocycles. The van der Waals surface area contributed by atoms with Crippen LogP contribution in [-0.2, 0) is 0 Å². The van der Waals surface area contributed by atoms with Crippen molar-refractivity contribution in [3.8, 4) is 0 Å². The lowest BCUT2D eigenvalue weighted by Crippen LogP contribution is -2.12. The van der Waals surface area contributed by atoms with Gasteiger partial charge in [0.05, 0.1) is 20.8 Å². The van der Waals surface area contributed by atoms with Crippen molar-refractivity contribution in [2.24, 2.45) is 0 Å². The first-order chi connectivity index (χ1) is 9.88. The largest absolute Gasteiger partial charge is 0.321 e. The number of halogens is 3. The number of amides is 1. The van der Waals surface area contributed by atoms with Crippen LogP contribution in [-0.4, -0.2) is 5.91 Å². The highest BCUT2D eigenvalue weighted by Crippen LogP contribution is 2.32. The van der Waals surface area contributed by atoms with E-state index in [1.807, 2.05) is 12.1 Å². The SMILES string of the molecule is CC(C)c1ccc(C(=O)Nc2cc(Cl)c(Cl)cc2Cl)cc1. The van der Waals surface area contributed by atoms with E-state index in [0.717, 1.165) is 0 Å². The summed E-state index contributed by atoms with van der Waals surface area (Å²) in [7, 11) is 0. The summed E-state index contributed by atoms with van der Waals surface area (Å²) in [6, 6.07) is 10.5. The highest BCUT2D eigenvalue weighted by atomic mass is 35.5. The lowest BCUT2D eigenvalue weighted by Gasteiger charge is -2.10. The predicted molar refractivity (Wildman–Crippen MR) is 90.0 cm³/mol. The Bertz CT molecular complexity index is 666. The Morgan fingerprint density at radius 3 is 2.10 bits per heavy atom. The maximum Gasteiger partial charge on any atom is 0.255 e. The summed E-state index contributed by atoms with van der Waals surface area (Å²) in [5.41, 5.74) is 2.17. The zero-order chi connectivity index (χ0) is 15.6. The van der Waals surface area contributed by atoms with Crippen molar-refractivity contribution in [1.82, 2.24) is 0 Å². The van der Waals surface area contributed by atoms with Gasteiger partial charge in [-0.05, 0) is 35.7 Å². The highest BCUT2D eigenvalue weighted by Gasteiger charge is 2.11. The summed E-state index contributed by atoms with van der Waals surface area (Å²) in [6.45, 7) is 4.20. The van der Waals surface area contributed by atoms with Gasteiger partial charge in [0.15, 0.2) is 0 Å². The molecule has 0 bridgehead atoms. The maximum absolute atomic E-state index is 12.2. The lowest BCUT2D eigenvalue weighted by molar-refractivity contribution is 0.102. The van der Waals surface area contributed by atoms with Gasteiger partial charge in [-0.15, -0.1) is 0 Å². The number of hydrogen-bond donors (Lipinski definition) is 1. The van der Waals surface area contributed by atoms with E-state index < -0.39 is 0 Å². The van der Waals surface area contributed by atoms with Crippen molar-refractivity contribution < 1.29 is 4.79 Å². The molecule has 5 heteroatoms. The van der Waals surface area contributed by atoms with Crippen LogP contribution in [0.5, 0.6) is 0 Å². The van der Waals surface area contributed by atoms with E-state index in [-0.39, 0.29) is 5.91 Å². The molecule has 0 aliphatic carbocycles. The van der Waals surface area contributed by atoms with Gasteiger partial charge in [0.25, 0.3) is 5.91 Å². The minimum atomic E-state index is -0.245. The Labute approximate surface area is 139 Å². The molecule has 2 aromatic rings. The molecule has 21 heavy (non-hydrogen) atoms. The smallest absolute Gasteiger partial charge is 0.255 e. The van der Waals surface area contributed by atoms with E-state index >= 15 is 0 Å². The van der Waals surface area contributed by atoms with Crippen LogP contribution in [0.2, 0.25) is 15.1 Å². The Hall–Kier alpha value is -1.22. The fourth-order valence-corrected chi connectivity index (χ4v) is 2.43. The molecular weight excluding hydrogens is 329 g/mol. The summed E-state index contributed by atoms with van der Waals surface area (Å²) in [4.78, 5) is 12.2. The number of rotatable bonds is 3. The normalized spacial score (nSPS) is 10.8. The third kappa shape index (κ3) is 3.91. The van der Waals surface area contributed by atoms with Crippen molar-refractivity contribution in [3.05, 3.63) is 62.6 Å². The van der Waals surface area contributed by atoms with Crippen molar-refractivity contribution in [1.29, 1.82) is 0 Å². The Balaban J connectivity index is 2.20. The molecule has 0 aliphatic heterocycles. The summed E-state index contributed by atoms with van der Waals surface area (Å²) in [6.07, 6.45) is 0. The Morgan fingerprint density at radius 1 is 0.952 bits per heavy atom. The van der Waals surface area contributed by atoms with E-state index in [1.165, 1.54) is 17.7 Å². The molecule has 1 N–H and O–H groups in total. The molecule has 0 saturated carbocycles. The number of benzene rings is 2. The van der Waals surface area contributed by atoms with Crippen LogP contribution in [0.15, 0.2) is 36.4 Å². The van der Waals surface area contributed by atoms with Gasteiger partial charge in [-0.1, -0.05) is 60.8 Å². The van der Waals surface area contributed by atoms with Crippen LogP contribution in [0.4, 0.5) is 5.69 Å². The fraction of sp³-hybridized carbons (Fsp3) is 0.188. The van der Waals surface area contributed by atoms with Crippen LogP contribution >= 0.6 is 34.8 Å². The average molecular weight is 343 g/mol. The van der Waals surface area contributed by atoms with Crippen molar-refractivity contribution >= 4 is 46.4 Å². The molecule has 0 aliphatic rings. The van der Waals surface area contributed by atoms with Crippen LogP contribution in [0, 0.1) is 0 Å². The monoisotopic (exact) mass is 341 g/mol. The van der Waals surface area contributed by atoms with Crippen molar-refractivity contribution in [2.75, 3.05) is 5.32 Å². The van der Waals surface area contributed by atoms with E-state index in [4.69, 9.17) is 34.8 Å². The quantitative estimate of drug-likeness (QED) is 0.679. The summed E-state index contributed by atoms with van der Waals surface area (Å²) >= 11 is 17.8. The molecule has 0 radical (unpaired) electrons. The third-order valence-corrected chi connectivity index (χ3v) is 4.13. The molecule has 2 aromatic carbocycles. The van der Waals surface area contributed by atoms with Gasteiger partial charge in [-0.25, -0.2) is 0 Å².